The molecule has 1 heterocycles. The summed E-state index contributed by atoms with van der Waals surface area (Å²) in [6.45, 7) is 4.90. The van der Waals surface area contributed by atoms with Gasteiger partial charge in [-0.15, -0.1) is 5.10 Å². The van der Waals surface area contributed by atoms with Crippen LogP contribution < -0.4 is 10.1 Å². The fourth-order valence-corrected chi connectivity index (χ4v) is 1.71. The molecule has 6 heteroatoms. The van der Waals surface area contributed by atoms with Crippen LogP contribution in [0.15, 0.2) is 30.5 Å². The first-order valence-electron chi connectivity index (χ1n) is 6.76. The minimum atomic E-state index is -0.266. The Morgan fingerprint density at radius 3 is 2.85 bits per heavy atom. The number of halogens is 1. The second kappa shape index (κ2) is 7.59. The zero-order valence-electron chi connectivity index (χ0n) is 11.6. The van der Waals surface area contributed by atoms with E-state index in [9.17, 15) is 4.39 Å². The lowest BCUT2D eigenvalue weighted by molar-refractivity contribution is 0.289. The Morgan fingerprint density at radius 1 is 1.30 bits per heavy atom. The summed E-state index contributed by atoms with van der Waals surface area (Å²) >= 11 is 0. The van der Waals surface area contributed by atoms with Crippen LogP contribution in [0.2, 0.25) is 0 Å². The van der Waals surface area contributed by atoms with Gasteiger partial charge in [0.1, 0.15) is 18.2 Å². The Balaban J connectivity index is 1.72. The van der Waals surface area contributed by atoms with E-state index in [0.717, 1.165) is 25.2 Å². The maximum atomic E-state index is 12.7. The van der Waals surface area contributed by atoms with Crippen molar-refractivity contribution in [3.05, 3.63) is 42.0 Å². The molecule has 0 fully saturated rings. The van der Waals surface area contributed by atoms with Crippen molar-refractivity contribution in [1.29, 1.82) is 0 Å². The predicted molar refractivity (Wildman–Crippen MR) is 73.9 cm³/mol. The molecule has 0 aliphatic heterocycles. The number of rotatable bonds is 8. The zero-order chi connectivity index (χ0) is 14.2. The van der Waals surface area contributed by atoms with Gasteiger partial charge in [-0.1, -0.05) is 12.1 Å². The van der Waals surface area contributed by atoms with E-state index in [2.05, 4.69) is 22.6 Å². The zero-order valence-corrected chi connectivity index (χ0v) is 11.6. The van der Waals surface area contributed by atoms with Crippen molar-refractivity contribution in [1.82, 2.24) is 20.3 Å². The second-order valence-corrected chi connectivity index (χ2v) is 4.45. The van der Waals surface area contributed by atoms with E-state index in [1.807, 2.05) is 6.20 Å². The van der Waals surface area contributed by atoms with Crippen LogP contribution in [0.3, 0.4) is 0 Å². The summed E-state index contributed by atoms with van der Waals surface area (Å²) in [4.78, 5) is 0. The number of ether oxygens (including phenoxy) is 1. The number of benzene rings is 1. The molecule has 0 atom stereocenters. The Morgan fingerprint density at radius 2 is 2.10 bits per heavy atom. The molecular formula is C14H19FN4O. The van der Waals surface area contributed by atoms with E-state index in [1.54, 1.807) is 16.8 Å². The van der Waals surface area contributed by atoms with E-state index in [-0.39, 0.29) is 5.82 Å². The molecule has 0 aliphatic carbocycles. The minimum Gasteiger partial charge on any atom is -0.492 e. The van der Waals surface area contributed by atoms with E-state index >= 15 is 0 Å². The molecule has 0 aliphatic rings. The van der Waals surface area contributed by atoms with Crippen molar-refractivity contribution in [3.8, 4) is 5.75 Å². The Bertz CT molecular complexity index is 512. The summed E-state index contributed by atoms with van der Waals surface area (Å²) in [7, 11) is 0. The molecule has 2 rings (SSSR count). The largest absolute Gasteiger partial charge is 0.492 e. The maximum absolute atomic E-state index is 12.7. The quantitative estimate of drug-likeness (QED) is 0.750. The van der Waals surface area contributed by atoms with Crippen LogP contribution >= 0.6 is 0 Å². The van der Waals surface area contributed by atoms with Crippen LogP contribution in [0, 0.1) is 5.82 Å². The molecule has 5 nitrogen and oxygen atoms in total. The minimum absolute atomic E-state index is 0.266. The summed E-state index contributed by atoms with van der Waals surface area (Å²) in [6, 6.07) is 5.97. The van der Waals surface area contributed by atoms with Gasteiger partial charge in [-0.25, -0.2) is 9.07 Å². The van der Waals surface area contributed by atoms with Crippen molar-refractivity contribution in [2.24, 2.45) is 0 Å². The van der Waals surface area contributed by atoms with Gasteiger partial charge >= 0.3 is 0 Å². The van der Waals surface area contributed by atoms with Gasteiger partial charge in [0, 0.05) is 12.7 Å². The van der Waals surface area contributed by atoms with Gasteiger partial charge in [0.2, 0.25) is 0 Å². The van der Waals surface area contributed by atoms with E-state index in [1.165, 1.54) is 12.1 Å². The SMILES string of the molecule is CCCNCc1cn(CCOc2ccc(F)cc2)nn1. The highest BCUT2D eigenvalue weighted by molar-refractivity contribution is 5.21. The highest BCUT2D eigenvalue weighted by atomic mass is 19.1. The van der Waals surface area contributed by atoms with Gasteiger partial charge in [0.25, 0.3) is 0 Å². The molecule has 2 aromatic rings. The Labute approximate surface area is 117 Å². The number of nitrogens with one attached hydrogen (secondary N) is 1. The lowest BCUT2D eigenvalue weighted by atomic mass is 10.3. The van der Waals surface area contributed by atoms with Crippen molar-refractivity contribution in [3.63, 3.8) is 0 Å². The number of hydrogen-bond acceptors (Lipinski definition) is 4. The average Bonchev–Trinajstić information content (AvgIpc) is 2.89. The highest BCUT2D eigenvalue weighted by Crippen LogP contribution is 2.10. The number of aromatic nitrogens is 3. The van der Waals surface area contributed by atoms with E-state index < -0.39 is 0 Å². The van der Waals surface area contributed by atoms with Crippen LogP contribution in [-0.2, 0) is 13.1 Å². The molecule has 0 bridgehead atoms. The molecule has 1 aromatic carbocycles. The predicted octanol–water partition coefficient (Wildman–Crippen LogP) is 2.00. The fraction of sp³-hybridized carbons (Fsp3) is 0.429. The first-order valence-corrected chi connectivity index (χ1v) is 6.76. The van der Waals surface area contributed by atoms with Crippen LogP contribution in [0.1, 0.15) is 19.0 Å². The number of hydrogen-bond donors (Lipinski definition) is 1. The van der Waals surface area contributed by atoms with E-state index in [4.69, 9.17) is 4.74 Å². The van der Waals surface area contributed by atoms with Crippen molar-refractivity contribution < 1.29 is 9.13 Å². The molecule has 0 unspecified atom stereocenters. The maximum Gasteiger partial charge on any atom is 0.123 e. The number of nitrogens with zero attached hydrogens (tertiary/aromatic N) is 3. The fourth-order valence-electron chi connectivity index (χ4n) is 1.71. The van der Waals surface area contributed by atoms with Crippen molar-refractivity contribution >= 4 is 0 Å². The van der Waals surface area contributed by atoms with Gasteiger partial charge in [0.15, 0.2) is 0 Å². The molecule has 0 saturated carbocycles. The van der Waals surface area contributed by atoms with Crippen LogP contribution in [0.25, 0.3) is 0 Å². The molecule has 0 radical (unpaired) electrons. The highest BCUT2D eigenvalue weighted by Gasteiger charge is 2.01. The van der Waals surface area contributed by atoms with Gasteiger partial charge < -0.3 is 10.1 Å². The third kappa shape index (κ3) is 4.62. The third-order valence-corrected chi connectivity index (χ3v) is 2.72. The topological polar surface area (TPSA) is 52.0 Å². The summed E-state index contributed by atoms with van der Waals surface area (Å²) in [6.07, 6.45) is 3.00. The van der Waals surface area contributed by atoms with Crippen LogP contribution in [0.4, 0.5) is 4.39 Å². The molecule has 108 valence electrons. The van der Waals surface area contributed by atoms with Crippen LogP contribution in [0.5, 0.6) is 5.75 Å². The molecule has 20 heavy (non-hydrogen) atoms. The third-order valence-electron chi connectivity index (χ3n) is 2.72. The summed E-state index contributed by atoms with van der Waals surface area (Å²) in [5.74, 6) is 0.384. The monoisotopic (exact) mass is 278 g/mol. The summed E-state index contributed by atoms with van der Waals surface area (Å²) in [5, 5.41) is 11.4. The molecule has 1 N–H and O–H groups in total. The standard InChI is InChI=1S/C14H19FN4O/c1-2-7-16-10-13-11-19(18-17-13)8-9-20-14-5-3-12(15)4-6-14/h3-6,11,16H,2,7-10H2,1H3. The first-order chi connectivity index (χ1) is 9.78. The second-order valence-electron chi connectivity index (χ2n) is 4.45. The molecule has 1 aromatic heterocycles. The molecule has 0 spiro atoms. The van der Waals surface area contributed by atoms with Crippen molar-refractivity contribution in [2.75, 3.05) is 13.2 Å². The first kappa shape index (κ1) is 14.5. The van der Waals surface area contributed by atoms with Gasteiger partial charge in [-0.3, -0.25) is 0 Å². The normalized spacial score (nSPS) is 10.7. The van der Waals surface area contributed by atoms with Crippen molar-refractivity contribution in [2.45, 2.75) is 26.4 Å². The Kier molecular flexibility index (Phi) is 5.49. The smallest absolute Gasteiger partial charge is 0.123 e. The summed E-state index contributed by atoms with van der Waals surface area (Å²) < 4.78 is 20.0. The average molecular weight is 278 g/mol. The molecule has 0 saturated heterocycles. The lowest BCUT2D eigenvalue weighted by Gasteiger charge is -2.05. The van der Waals surface area contributed by atoms with Gasteiger partial charge in [-0.05, 0) is 37.2 Å². The summed E-state index contributed by atoms with van der Waals surface area (Å²) in [5.41, 5.74) is 0.917. The lowest BCUT2D eigenvalue weighted by Crippen LogP contribution is -2.14. The molecular weight excluding hydrogens is 259 g/mol. The molecule has 0 amide bonds. The van der Waals surface area contributed by atoms with Gasteiger partial charge in [0.05, 0.1) is 12.2 Å². The van der Waals surface area contributed by atoms with E-state index in [0.29, 0.717) is 18.9 Å². The van der Waals surface area contributed by atoms with Gasteiger partial charge in [-0.2, -0.15) is 0 Å². The van der Waals surface area contributed by atoms with Crippen LogP contribution in [-0.4, -0.2) is 28.1 Å². The Hall–Kier alpha value is -1.95.